The third-order valence-corrected chi connectivity index (χ3v) is 14.6. The number of methoxy groups -OCH3 is 1. The zero-order valence-electron chi connectivity index (χ0n) is 33.4. The van der Waals surface area contributed by atoms with E-state index < -0.39 is 98.6 Å². The Kier molecular flexibility index (Phi) is 10.8. The van der Waals surface area contributed by atoms with E-state index in [2.05, 4.69) is 20.6 Å². The summed E-state index contributed by atoms with van der Waals surface area (Å²) < 4.78 is 89.0. The molecule has 1 unspecified atom stereocenters. The maximum atomic E-state index is 16.2. The van der Waals surface area contributed by atoms with E-state index in [9.17, 15) is 36.4 Å². The van der Waals surface area contributed by atoms with Gasteiger partial charge >= 0.3 is 6.09 Å². The number of hydrogen-bond acceptors (Lipinski definition) is 11. The summed E-state index contributed by atoms with van der Waals surface area (Å²) in [5.41, 5.74) is -2.63. The number of halogens is 3. The molecule has 3 saturated carbocycles. The Morgan fingerprint density at radius 3 is 2.41 bits per heavy atom. The summed E-state index contributed by atoms with van der Waals surface area (Å²) in [4.78, 5) is 66.5. The number of alkyl carbamates (subject to hydrolysis) is 1. The summed E-state index contributed by atoms with van der Waals surface area (Å²) in [6.45, 7) is 7.79. The van der Waals surface area contributed by atoms with Gasteiger partial charge in [0.25, 0.3) is 5.91 Å². The fourth-order valence-corrected chi connectivity index (χ4v) is 9.38. The molecule has 3 heterocycles. The minimum atomic E-state index is -4.27. The molecular formula is C39H51F3N6O9S. The fraction of sp³-hybridized carbons (Fsp3) is 0.692. The van der Waals surface area contributed by atoms with Crippen LogP contribution in [0.1, 0.15) is 97.9 Å². The highest BCUT2D eigenvalue weighted by Gasteiger charge is 2.67. The first-order valence-electron chi connectivity index (χ1n) is 19.8. The molecule has 2 aromatic rings. The molecule has 2 aliphatic heterocycles. The van der Waals surface area contributed by atoms with Gasteiger partial charge in [0.2, 0.25) is 34.1 Å². The second kappa shape index (κ2) is 15.0. The van der Waals surface area contributed by atoms with E-state index in [1.807, 2.05) is 4.72 Å². The standard InChI is InChI=1S/C39H51F3N6O9S/c1-19-27-18-48(29(19)32(49)46-39(17-22(39)31(41)42)35(51)47-58(53,54)38(5)13-14-38)34(50)30(37(2,3)4)45-36(52)57-26-15-20(26)9-7-8-10-23(40)28-33(56-27)44-25-16-21(55-6)11-12-24(25)43-28/h11-12,16,19-20,22-23,26-27,29-31H,7-10,13-15,17-18H2,1-6H3,(H,45,52)(H,46,49)(H,47,51)/t19-,20-,22+,23?,26-,27+,29+,30-,39-/m1/s1. The van der Waals surface area contributed by atoms with Crippen LogP contribution in [0, 0.1) is 23.2 Å². The van der Waals surface area contributed by atoms with Gasteiger partial charge in [-0.3, -0.25) is 19.1 Å². The lowest BCUT2D eigenvalue weighted by Crippen LogP contribution is -2.61. The maximum Gasteiger partial charge on any atom is 0.408 e. The molecule has 318 valence electrons. The molecule has 4 fully saturated rings. The van der Waals surface area contributed by atoms with Crippen LogP contribution < -0.4 is 24.8 Å². The molecule has 3 aliphatic carbocycles. The maximum absolute atomic E-state index is 16.2. The Morgan fingerprint density at radius 1 is 1.07 bits per heavy atom. The molecule has 7 rings (SSSR count). The molecule has 58 heavy (non-hydrogen) atoms. The lowest BCUT2D eigenvalue weighted by atomic mass is 9.85. The molecule has 1 aromatic heterocycles. The van der Waals surface area contributed by atoms with E-state index in [0.717, 1.165) is 4.90 Å². The second-order valence-electron chi connectivity index (χ2n) is 17.8. The third-order valence-electron chi connectivity index (χ3n) is 12.4. The molecule has 19 heteroatoms. The zero-order chi connectivity index (χ0) is 42.1. The molecule has 5 aliphatic rings. The largest absolute Gasteiger partial charge is 0.497 e. The number of carbonyl (C=O) groups is 4. The summed E-state index contributed by atoms with van der Waals surface area (Å²) in [7, 11) is -2.80. The first-order chi connectivity index (χ1) is 27.2. The van der Waals surface area contributed by atoms with Crippen LogP contribution in [0.25, 0.3) is 11.0 Å². The predicted molar refractivity (Wildman–Crippen MR) is 202 cm³/mol. The number of sulfonamides is 1. The number of fused-ring (bicyclic) bond motifs is 5. The number of ether oxygens (including phenoxy) is 3. The molecule has 1 aromatic carbocycles. The average molecular weight is 837 g/mol. The Bertz CT molecular complexity index is 2100. The molecule has 9 atom stereocenters. The number of nitrogens with zero attached hydrogens (tertiary/aromatic N) is 3. The predicted octanol–water partition coefficient (Wildman–Crippen LogP) is 4.49. The van der Waals surface area contributed by atoms with Crippen molar-refractivity contribution < 1.29 is 55.0 Å². The first-order valence-corrected chi connectivity index (χ1v) is 21.3. The molecule has 3 N–H and O–H groups in total. The number of aromatic nitrogens is 2. The monoisotopic (exact) mass is 836 g/mol. The van der Waals surface area contributed by atoms with Crippen LogP contribution in [0.4, 0.5) is 18.0 Å². The van der Waals surface area contributed by atoms with Crippen molar-refractivity contribution in [3.05, 3.63) is 23.9 Å². The van der Waals surface area contributed by atoms with Gasteiger partial charge in [-0.15, -0.1) is 0 Å². The van der Waals surface area contributed by atoms with E-state index in [4.69, 9.17) is 14.2 Å². The summed E-state index contributed by atoms with van der Waals surface area (Å²) >= 11 is 0. The lowest BCUT2D eigenvalue weighted by Gasteiger charge is -2.36. The molecule has 0 spiro atoms. The van der Waals surface area contributed by atoms with Crippen LogP contribution in [0.2, 0.25) is 0 Å². The van der Waals surface area contributed by atoms with Crippen molar-refractivity contribution in [3.63, 3.8) is 0 Å². The number of rotatable bonds is 7. The summed E-state index contributed by atoms with van der Waals surface area (Å²) in [6.07, 6.45) is -4.49. The van der Waals surface area contributed by atoms with Crippen LogP contribution in [0.15, 0.2) is 18.2 Å². The highest BCUT2D eigenvalue weighted by molar-refractivity contribution is 7.91. The van der Waals surface area contributed by atoms with Gasteiger partial charge in [0.1, 0.15) is 47.4 Å². The van der Waals surface area contributed by atoms with Crippen molar-refractivity contribution in [1.82, 2.24) is 30.2 Å². The van der Waals surface area contributed by atoms with Crippen molar-refractivity contribution in [3.8, 4) is 11.6 Å². The van der Waals surface area contributed by atoms with Gasteiger partial charge in [-0.2, -0.15) is 0 Å². The minimum Gasteiger partial charge on any atom is -0.497 e. The zero-order valence-corrected chi connectivity index (χ0v) is 34.2. The van der Waals surface area contributed by atoms with Crippen LogP contribution in [-0.2, 0) is 29.1 Å². The van der Waals surface area contributed by atoms with Gasteiger partial charge in [0.15, 0.2) is 0 Å². The van der Waals surface area contributed by atoms with E-state index in [1.165, 1.54) is 14.0 Å². The molecular weight excluding hydrogens is 786 g/mol. The topological polar surface area (TPSA) is 195 Å². The lowest BCUT2D eigenvalue weighted by molar-refractivity contribution is -0.143. The highest BCUT2D eigenvalue weighted by Crippen LogP contribution is 2.50. The van der Waals surface area contributed by atoms with Gasteiger partial charge in [-0.1, -0.05) is 40.5 Å². The van der Waals surface area contributed by atoms with Gasteiger partial charge in [0.05, 0.1) is 35.4 Å². The quantitative estimate of drug-likeness (QED) is 0.356. The molecule has 0 radical (unpaired) electrons. The van der Waals surface area contributed by atoms with E-state index in [1.54, 1.807) is 45.9 Å². The van der Waals surface area contributed by atoms with Crippen LogP contribution in [0.3, 0.4) is 0 Å². The van der Waals surface area contributed by atoms with Crippen molar-refractivity contribution in [2.45, 2.75) is 133 Å². The van der Waals surface area contributed by atoms with Gasteiger partial charge in [-0.05, 0) is 68.9 Å². The average Bonchev–Trinajstić information content (AvgIpc) is 4.10. The van der Waals surface area contributed by atoms with Gasteiger partial charge in [-0.25, -0.2) is 36.4 Å². The van der Waals surface area contributed by atoms with Crippen molar-refractivity contribution in [1.29, 1.82) is 0 Å². The molecule has 15 nitrogen and oxygen atoms in total. The number of alkyl halides is 3. The second-order valence-corrected chi connectivity index (χ2v) is 20.0. The van der Waals surface area contributed by atoms with Crippen molar-refractivity contribution >= 4 is 44.9 Å². The minimum absolute atomic E-state index is 0.0696. The Morgan fingerprint density at radius 2 is 1.78 bits per heavy atom. The van der Waals surface area contributed by atoms with E-state index in [0.29, 0.717) is 42.5 Å². The summed E-state index contributed by atoms with van der Waals surface area (Å²) in [5.74, 6) is -5.39. The number of benzene rings is 1. The SMILES string of the molecule is COc1ccc2nc3c(nc2c1)O[C@H]1CN(C(=O)[C@H](C(C)(C)C)NC(=O)O[C@@H]2C[C@H]2CCCCC3F)[C@H](C(=O)N[C@]2(C(=O)NS(=O)(=O)C3(C)CC3)C[C@H]2C(F)F)[C@@H]1C. The Labute approximate surface area is 334 Å². The van der Waals surface area contributed by atoms with Crippen molar-refractivity contribution in [2.75, 3.05) is 13.7 Å². The highest BCUT2D eigenvalue weighted by atomic mass is 32.2. The van der Waals surface area contributed by atoms with Gasteiger partial charge in [0, 0.05) is 12.0 Å². The van der Waals surface area contributed by atoms with E-state index >= 15 is 4.39 Å². The number of carbonyl (C=O) groups excluding carboxylic acids is 4. The van der Waals surface area contributed by atoms with E-state index in [-0.39, 0.29) is 49.4 Å². The van der Waals surface area contributed by atoms with Crippen LogP contribution >= 0.6 is 0 Å². The number of hydrogen-bond donors (Lipinski definition) is 3. The third kappa shape index (κ3) is 7.98. The summed E-state index contributed by atoms with van der Waals surface area (Å²) in [6, 6.07) is 2.13. The van der Waals surface area contributed by atoms with Crippen LogP contribution in [-0.4, -0.2) is 102 Å². The Hall–Kier alpha value is -4.42. The van der Waals surface area contributed by atoms with Gasteiger partial charge < -0.3 is 29.7 Å². The Balaban J connectivity index is 1.26. The van der Waals surface area contributed by atoms with Crippen molar-refractivity contribution in [2.24, 2.45) is 23.2 Å². The molecule has 1 saturated heterocycles. The molecule has 4 amide bonds. The van der Waals surface area contributed by atoms with Crippen LogP contribution in [0.5, 0.6) is 11.6 Å². The number of amides is 4. The first kappa shape index (κ1) is 41.7. The molecule has 2 bridgehead atoms. The normalized spacial score (nSPS) is 32.3. The number of nitrogens with one attached hydrogen (secondary N) is 3. The summed E-state index contributed by atoms with van der Waals surface area (Å²) in [5, 5.41) is 5.11. The fourth-order valence-electron chi connectivity index (χ4n) is 8.07. The smallest absolute Gasteiger partial charge is 0.408 e.